The first-order chi connectivity index (χ1) is 21.3. The van der Waals surface area contributed by atoms with Crippen molar-refractivity contribution in [3.63, 3.8) is 0 Å². The van der Waals surface area contributed by atoms with Crippen molar-refractivity contribution < 1.29 is 23.6 Å². The Kier molecular flexibility index (Phi) is 12.0. The topological polar surface area (TPSA) is 112 Å². The fraction of sp³-hybridized carbons (Fsp3) is 0.286. The summed E-state index contributed by atoms with van der Waals surface area (Å²) in [6.45, 7) is 2.50. The van der Waals surface area contributed by atoms with Crippen LogP contribution in [0.4, 0.5) is 0 Å². The highest BCUT2D eigenvalue weighted by Crippen LogP contribution is 2.38. The average Bonchev–Trinajstić information content (AvgIpc) is 3.07. The lowest BCUT2D eigenvalue weighted by molar-refractivity contribution is -0.123. The van der Waals surface area contributed by atoms with Crippen LogP contribution in [0, 0.1) is 0 Å². The number of carbonyl (C=O) groups excluding carboxylic acids is 1. The maximum Gasteiger partial charge on any atom is 0.258 e. The Morgan fingerprint density at radius 3 is 2.02 bits per heavy atom. The van der Waals surface area contributed by atoms with Crippen LogP contribution in [-0.4, -0.2) is 39.3 Å². The third-order valence-corrected chi connectivity index (χ3v) is 10.1. The third-order valence-electron chi connectivity index (χ3n) is 7.43. The van der Waals surface area contributed by atoms with Gasteiger partial charge in [0.1, 0.15) is 17.2 Å². The minimum Gasteiger partial charge on any atom is -0.497 e. The van der Waals surface area contributed by atoms with Crippen LogP contribution in [0.3, 0.4) is 0 Å². The van der Waals surface area contributed by atoms with Crippen molar-refractivity contribution in [2.45, 2.75) is 38.3 Å². The molecule has 4 N–H and O–H groups in total. The maximum absolute atomic E-state index is 14.0. The normalized spacial score (nSPS) is 12.6. The second-order valence-corrected chi connectivity index (χ2v) is 13.2. The largest absolute Gasteiger partial charge is 0.497 e. The van der Waals surface area contributed by atoms with E-state index in [4.69, 9.17) is 19.9 Å². The van der Waals surface area contributed by atoms with Gasteiger partial charge in [0, 0.05) is 34.8 Å². The zero-order chi connectivity index (χ0) is 31.4. The van der Waals surface area contributed by atoms with Crippen molar-refractivity contribution in [2.75, 3.05) is 27.4 Å². The molecule has 4 aromatic rings. The summed E-state index contributed by atoms with van der Waals surface area (Å²) in [7, 11) is 0.271. The second-order valence-electron chi connectivity index (χ2n) is 10.6. The van der Waals surface area contributed by atoms with Gasteiger partial charge in [-0.3, -0.25) is 14.4 Å². The summed E-state index contributed by atoms with van der Waals surface area (Å²) < 4.78 is 30.5. The van der Waals surface area contributed by atoms with Gasteiger partial charge in [0.15, 0.2) is 6.61 Å². The predicted octanol–water partition coefficient (Wildman–Crippen LogP) is 5.32. The Hall–Kier alpha value is -4.10. The van der Waals surface area contributed by atoms with Crippen molar-refractivity contribution in [1.29, 1.82) is 0 Å². The highest BCUT2D eigenvalue weighted by molar-refractivity contribution is 7.76. The summed E-state index contributed by atoms with van der Waals surface area (Å²) >= 11 is 0. The lowest BCUT2D eigenvalue weighted by Gasteiger charge is -2.21. The highest BCUT2D eigenvalue weighted by Gasteiger charge is 2.26. The molecule has 0 bridgehead atoms. The van der Waals surface area contributed by atoms with Crippen molar-refractivity contribution in [3.8, 4) is 17.2 Å². The van der Waals surface area contributed by atoms with Crippen LogP contribution in [-0.2, 0) is 9.36 Å². The van der Waals surface area contributed by atoms with Gasteiger partial charge in [0.05, 0.1) is 20.3 Å². The second kappa shape index (κ2) is 16.1. The van der Waals surface area contributed by atoms with Gasteiger partial charge in [-0.15, -0.1) is 0 Å². The van der Waals surface area contributed by atoms with Gasteiger partial charge in [0.25, 0.3) is 5.91 Å². The van der Waals surface area contributed by atoms with Crippen LogP contribution in [0.5, 0.6) is 17.2 Å². The number of carbonyl (C=O) groups is 1. The molecule has 232 valence electrons. The summed E-state index contributed by atoms with van der Waals surface area (Å²) in [5, 5.41) is 7.93. The molecule has 0 aromatic heterocycles. The van der Waals surface area contributed by atoms with E-state index in [2.05, 4.69) is 10.4 Å². The zero-order valence-electron chi connectivity index (χ0n) is 25.6. The molecule has 0 saturated carbocycles. The van der Waals surface area contributed by atoms with Crippen LogP contribution in [0.1, 0.15) is 43.4 Å². The first-order valence-corrected chi connectivity index (χ1v) is 16.5. The Morgan fingerprint density at radius 1 is 0.818 bits per heavy atom. The molecule has 44 heavy (non-hydrogen) atoms. The molecule has 0 fully saturated rings. The van der Waals surface area contributed by atoms with Crippen molar-refractivity contribution >= 4 is 23.8 Å². The number of nitrogens with one attached hydrogen (secondary N) is 2. The van der Waals surface area contributed by atoms with E-state index in [0.29, 0.717) is 23.8 Å². The summed E-state index contributed by atoms with van der Waals surface area (Å²) in [6.07, 6.45) is 2.51. The van der Waals surface area contributed by atoms with Crippen LogP contribution >= 0.6 is 7.29 Å². The van der Waals surface area contributed by atoms with Crippen LogP contribution in [0.15, 0.2) is 103 Å². The lowest BCUT2D eigenvalue weighted by atomic mass is 9.98. The molecule has 2 unspecified atom stereocenters. The van der Waals surface area contributed by atoms with Gasteiger partial charge in [-0.2, -0.15) is 0 Å². The summed E-state index contributed by atoms with van der Waals surface area (Å²) in [6, 6.07) is 31.6. The first-order valence-electron chi connectivity index (χ1n) is 14.8. The highest BCUT2D eigenvalue weighted by atomic mass is 31.2. The minimum absolute atomic E-state index is 0.0130. The van der Waals surface area contributed by atoms with E-state index < -0.39 is 13.3 Å². The number of nitrogens with two attached hydrogens (primary N) is 1. The van der Waals surface area contributed by atoms with E-state index in [1.807, 2.05) is 91.9 Å². The number of hydrogen-bond acceptors (Lipinski definition) is 6. The lowest BCUT2D eigenvalue weighted by Crippen LogP contribution is -2.36. The van der Waals surface area contributed by atoms with Crippen LogP contribution in [0.2, 0.25) is 0 Å². The van der Waals surface area contributed by atoms with Gasteiger partial charge < -0.3 is 25.3 Å². The first kappa shape index (κ1) is 32.8. The zero-order valence-corrected chi connectivity index (χ0v) is 26.5. The van der Waals surface area contributed by atoms with E-state index in [1.54, 1.807) is 32.4 Å². The molecule has 9 heteroatoms. The number of methoxy groups -OCH3 is 2. The van der Waals surface area contributed by atoms with Gasteiger partial charge in [-0.1, -0.05) is 55.0 Å². The monoisotopic (exact) mass is 615 g/mol. The van der Waals surface area contributed by atoms with Crippen LogP contribution < -0.4 is 41.0 Å². The molecule has 0 aliphatic carbocycles. The molecule has 8 nitrogen and oxygen atoms in total. The molecule has 0 aliphatic heterocycles. The van der Waals surface area contributed by atoms with Gasteiger partial charge in [-0.25, -0.2) is 0 Å². The Bertz CT molecular complexity index is 1470. The standard InChI is InChI=1S/C35H42N3O5P/c1-26(12-10-11-23-37-44(40,30-13-6-4-7-14-30)31-15-8-5-9-16-31)38-34(39)25-43-28-19-17-27(18-20-28)35(36)32-22-21-29(41-2)24-33(32)42-3/h4-9,13-22,24,26,35H,10-12,23,25,36H2,1-3H3,(H,37,40)(H,38,39). The van der Waals surface area contributed by atoms with Gasteiger partial charge in [0.2, 0.25) is 7.29 Å². The summed E-state index contributed by atoms with van der Waals surface area (Å²) in [5.74, 6) is 1.74. The Morgan fingerprint density at radius 2 is 1.43 bits per heavy atom. The van der Waals surface area contributed by atoms with Crippen molar-refractivity contribution in [3.05, 3.63) is 114 Å². The van der Waals surface area contributed by atoms with E-state index in [0.717, 1.165) is 41.0 Å². The maximum atomic E-state index is 14.0. The van der Waals surface area contributed by atoms with E-state index in [-0.39, 0.29) is 18.6 Å². The number of unbranched alkanes of at least 4 members (excludes halogenated alkanes) is 1. The van der Waals surface area contributed by atoms with Crippen molar-refractivity contribution in [1.82, 2.24) is 10.4 Å². The third kappa shape index (κ3) is 8.73. The fourth-order valence-electron chi connectivity index (χ4n) is 4.98. The summed E-state index contributed by atoms with van der Waals surface area (Å²) in [5.41, 5.74) is 8.23. The van der Waals surface area contributed by atoms with E-state index in [1.165, 1.54) is 0 Å². The average molecular weight is 616 g/mol. The molecule has 0 heterocycles. The van der Waals surface area contributed by atoms with E-state index >= 15 is 0 Å². The summed E-state index contributed by atoms with van der Waals surface area (Å²) in [4.78, 5) is 12.5. The molecule has 4 aromatic carbocycles. The fourth-order valence-corrected chi connectivity index (χ4v) is 7.30. The number of benzene rings is 4. The number of ether oxygens (including phenoxy) is 3. The van der Waals surface area contributed by atoms with Gasteiger partial charge >= 0.3 is 0 Å². The molecule has 1 amide bonds. The molecule has 0 aliphatic rings. The quantitative estimate of drug-likeness (QED) is 0.116. The number of amides is 1. The number of rotatable bonds is 16. The van der Waals surface area contributed by atoms with Crippen molar-refractivity contribution in [2.24, 2.45) is 5.73 Å². The smallest absolute Gasteiger partial charge is 0.258 e. The predicted molar refractivity (Wildman–Crippen MR) is 177 cm³/mol. The molecular formula is C35H42N3O5P. The minimum atomic E-state index is -2.93. The molecule has 0 radical (unpaired) electrons. The Labute approximate surface area is 260 Å². The molecule has 0 spiro atoms. The van der Waals surface area contributed by atoms with Crippen LogP contribution in [0.25, 0.3) is 0 Å². The number of hydrogen-bond donors (Lipinski definition) is 3. The van der Waals surface area contributed by atoms with E-state index in [9.17, 15) is 9.36 Å². The molecule has 2 atom stereocenters. The Balaban J connectivity index is 1.19. The molecular weight excluding hydrogens is 573 g/mol. The molecule has 4 rings (SSSR count). The SMILES string of the molecule is COc1ccc(C(N)c2ccc(OCC(=O)NC(C)CCCCNP(=O)(c3ccccc3)c3ccccc3)cc2)c(OC)c1. The molecule has 0 saturated heterocycles. The van der Waals surface area contributed by atoms with Gasteiger partial charge in [-0.05, 0) is 73.9 Å².